The Balaban J connectivity index is 0.00000121. The van der Waals surface area contributed by atoms with Crippen molar-refractivity contribution in [2.75, 3.05) is 27.3 Å². The number of hydrogen-bond donors (Lipinski definition) is 0. The second-order valence-electron chi connectivity index (χ2n) is 3.92. The van der Waals surface area contributed by atoms with Crippen LogP contribution in [0, 0.1) is 0 Å². The molecule has 1 amide bonds. The Labute approximate surface area is 104 Å². The van der Waals surface area contributed by atoms with Crippen LogP contribution in [0.4, 0.5) is 4.79 Å². The molecule has 0 aromatic heterocycles. The molecule has 1 fully saturated rings. The Bertz CT molecular complexity index is 227. The molecule has 0 atom stereocenters. The highest BCUT2D eigenvalue weighted by Gasteiger charge is 2.41. The quantitative estimate of drug-likeness (QED) is 0.718. The van der Waals surface area contributed by atoms with Crippen molar-refractivity contribution in [2.24, 2.45) is 0 Å². The van der Waals surface area contributed by atoms with E-state index in [-0.39, 0.29) is 12.2 Å². The van der Waals surface area contributed by atoms with E-state index < -0.39 is 5.79 Å². The van der Waals surface area contributed by atoms with Gasteiger partial charge in [-0.25, -0.2) is 4.79 Å². The predicted molar refractivity (Wildman–Crippen MR) is 65.9 cm³/mol. The van der Waals surface area contributed by atoms with Crippen LogP contribution in [0.5, 0.6) is 0 Å². The van der Waals surface area contributed by atoms with Gasteiger partial charge in [-0.3, -0.25) is 0 Å². The second-order valence-corrected chi connectivity index (χ2v) is 3.92. The zero-order valence-corrected chi connectivity index (χ0v) is 11.8. The van der Waals surface area contributed by atoms with Crippen LogP contribution in [-0.4, -0.2) is 50.2 Å². The molecule has 17 heavy (non-hydrogen) atoms. The number of amides is 1. The summed E-state index contributed by atoms with van der Waals surface area (Å²) in [4.78, 5) is 13.2. The molecule has 0 spiro atoms. The number of hydrogen-bond acceptors (Lipinski definition) is 4. The topological polar surface area (TPSA) is 48.0 Å². The second kappa shape index (κ2) is 7.50. The van der Waals surface area contributed by atoms with Gasteiger partial charge in [0.05, 0.1) is 12.6 Å². The minimum Gasteiger partial charge on any atom is -0.447 e. The fourth-order valence-corrected chi connectivity index (χ4v) is 1.60. The van der Waals surface area contributed by atoms with Gasteiger partial charge in [0, 0.05) is 27.2 Å². The smallest absolute Gasteiger partial charge is 0.410 e. The van der Waals surface area contributed by atoms with Gasteiger partial charge in [0.25, 0.3) is 0 Å². The van der Waals surface area contributed by atoms with Gasteiger partial charge in [-0.1, -0.05) is 13.8 Å². The summed E-state index contributed by atoms with van der Waals surface area (Å²) in [6.07, 6.45) is 0.270. The van der Waals surface area contributed by atoms with Gasteiger partial charge in [0.15, 0.2) is 5.79 Å². The first-order valence-corrected chi connectivity index (χ1v) is 6.09. The zero-order chi connectivity index (χ0) is 13.5. The third-order valence-electron chi connectivity index (χ3n) is 2.53. The monoisotopic (exact) mass is 247 g/mol. The molecule has 0 bridgehead atoms. The molecule has 1 rings (SSSR count). The highest BCUT2D eigenvalue weighted by atomic mass is 16.7. The average molecular weight is 247 g/mol. The zero-order valence-electron chi connectivity index (χ0n) is 11.8. The first-order valence-electron chi connectivity index (χ1n) is 6.09. The SMILES string of the molecule is CC.COC1(OC)CCN(C(=O)OC(C)C)C1. The van der Waals surface area contributed by atoms with E-state index in [9.17, 15) is 4.79 Å². The fourth-order valence-electron chi connectivity index (χ4n) is 1.60. The van der Waals surface area contributed by atoms with E-state index in [1.807, 2.05) is 27.7 Å². The number of nitrogens with zero attached hydrogens (tertiary/aromatic N) is 1. The summed E-state index contributed by atoms with van der Waals surface area (Å²) in [5.74, 6) is -0.657. The molecule has 0 unspecified atom stereocenters. The lowest BCUT2D eigenvalue weighted by Crippen LogP contribution is -2.39. The van der Waals surface area contributed by atoms with Crippen LogP contribution in [-0.2, 0) is 14.2 Å². The molecule has 1 saturated heterocycles. The van der Waals surface area contributed by atoms with Gasteiger partial charge >= 0.3 is 6.09 Å². The van der Waals surface area contributed by atoms with Crippen LogP contribution in [0.15, 0.2) is 0 Å². The lowest BCUT2D eigenvalue weighted by atomic mass is 10.2. The highest BCUT2D eigenvalue weighted by Crippen LogP contribution is 2.25. The van der Waals surface area contributed by atoms with Gasteiger partial charge in [0.2, 0.25) is 0 Å². The Morgan fingerprint density at radius 2 is 1.76 bits per heavy atom. The number of rotatable bonds is 3. The maximum Gasteiger partial charge on any atom is 0.410 e. The molecule has 1 heterocycles. The molecule has 0 aliphatic carbocycles. The first-order chi connectivity index (χ1) is 8.03. The summed E-state index contributed by atoms with van der Waals surface area (Å²) >= 11 is 0. The Morgan fingerprint density at radius 1 is 1.24 bits per heavy atom. The van der Waals surface area contributed by atoms with Crippen molar-refractivity contribution in [3.05, 3.63) is 0 Å². The van der Waals surface area contributed by atoms with E-state index in [0.717, 1.165) is 0 Å². The Hall–Kier alpha value is -0.810. The molecule has 0 saturated carbocycles. The van der Waals surface area contributed by atoms with Crippen LogP contribution < -0.4 is 0 Å². The largest absolute Gasteiger partial charge is 0.447 e. The van der Waals surface area contributed by atoms with Gasteiger partial charge in [-0.05, 0) is 13.8 Å². The summed E-state index contributed by atoms with van der Waals surface area (Å²) in [5.41, 5.74) is 0. The molecular formula is C12H25NO4. The van der Waals surface area contributed by atoms with Gasteiger partial charge < -0.3 is 19.1 Å². The third-order valence-corrected chi connectivity index (χ3v) is 2.53. The Kier molecular flexibility index (Phi) is 7.15. The number of ether oxygens (including phenoxy) is 3. The van der Waals surface area contributed by atoms with Crippen molar-refractivity contribution in [3.63, 3.8) is 0 Å². The number of methoxy groups -OCH3 is 2. The van der Waals surface area contributed by atoms with E-state index in [0.29, 0.717) is 19.5 Å². The van der Waals surface area contributed by atoms with E-state index in [4.69, 9.17) is 14.2 Å². The molecule has 5 nitrogen and oxygen atoms in total. The molecule has 5 heteroatoms. The lowest BCUT2D eigenvalue weighted by molar-refractivity contribution is -0.194. The van der Waals surface area contributed by atoms with Gasteiger partial charge in [0.1, 0.15) is 0 Å². The highest BCUT2D eigenvalue weighted by molar-refractivity contribution is 5.68. The maximum absolute atomic E-state index is 11.6. The summed E-state index contributed by atoms with van der Waals surface area (Å²) in [5, 5.41) is 0. The van der Waals surface area contributed by atoms with Crippen LogP contribution in [0.1, 0.15) is 34.1 Å². The lowest BCUT2D eigenvalue weighted by Gasteiger charge is -2.26. The standard InChI is InChI=1S/C10H19NO4.C2H6/c1-8(2)15-9(12)11-6-5-10(7-11,13-3)14-4;1-2/h8H,5-7H2,1-4H3;1-2H3. The normalized spacial score (nSPS) is 17.7. The van der Waals surface area contributed by atoms with Gasteiger partial charge in [-0.2, -0.15) is 0 Å². The van der Waals surface area contributed by atoms with Crippen LogP contribution in [0.25, 0.3) is 0 Å². The molecule has 0 aromatic carbocycles. The molecule has 1 aliphatic rings. The maximum atomic E-state index is 11.6. The van der Waals surface area contributed by atoms with E-state index in [2.05, 4.69) is 0 Å². The molecule has 0 radical (unpaired) electrons. The first kappa shape index (κ1) is 16.2. The van der Waals surface area contributed by atoms with Crippen LogP contribution >= 0.6 is 0 Å². The molecule has 102 valence electrons. The number of likely N-dealkylation sites (tertiary alicyclic amines) is 1. The van der Waals surface area contributed by atoms with E-state index in [1.165, 1.54) is 0 Å². The minimum absolute atomic E-state index is 0.0995. The predicted octanol–water partition coefficient (Wildman–Crippen LogP) is 2.25. The van der Waals surface area contributed by atoms with Crippen molar-refractivity contribution in [1.29, 1.82) is 0 Å². The van der Waals surface area contributed by atoms with Crippen LogP contribution in [0.3, 0.4) is 0 Å². The molecule has 0 N–H and O–H groups in total. The van der Waals surface area contributed by atoms with Crippen molar-refractivity contribution >= 4 is 6.09 Å². The third kappa shape index (κ3) is 4.52. The molecular weight excluding hydrogens is 222 g/mol. The minimum atomic E-state index is -0.657. The van der Waals surface area contributed by atoms with E-state index >= 15 is 0 Å². The number of carbonyl (C=O) groups is 1. The average Bonchev–Trinajstić information content (AvgIpc) is 2.76. The molecule has 1 aliphatic heterocycles. The van der Waals surface area contributed by atoms with Crippen molar-refractivity contribution in [1.82, 2.24) is 4.90 Å². The summed E-state index contributed by atoms with van der Waals surface area (Å²) in [6.45, 7) is 8.68. The molecule has 0 aromatic rings. The summed E-state index contributed by atoms with van der Waals surface area (Å²) < 4.78 is 15.6. The number of carbonyl (C=O) groups excluding carboxylic acids is 1. The van der Waals surface area contributed by atoms with Crippen molar-refractivity contribution in [2.45, 2.75) is 46.0 Å². The van der Waals surface area contributed by atoms with Crippen molar-refractivity contribution in [3.8, 4) is 0 Å². The Morgan fingerprint density at radius 3 is 2.12 bits per heavy atom. The van der Waals surface area contributed by atoms with Gasteiger partial charge in [-0.15, -0.1) is 0 Å². The van der Waals surface area contributed by atoms with E-state index in [1.54, 1.807) is 19.1 Å². The summed E-state index contributed by atoms with van der Waals surface area (Å²) in [6, 6.07) is 0. The van der Waals surface area contributed by atoms with Crippen molar-refractivity contribution < 1.29 is 19.0 Å². The summed E-state index contributed by atoms with van der Waals surface area (Å²) in [7, 11) is 3.17. The fraction of sp³-hybridized carbons (Fsp3) is 0.917. The van der Waals surface area contributed by atoms with Crippen LogP contribution in [0.2, 0.25) is 0 Å².